The zero-order valence-corrected chi connectivity index (χ0v) is 11.2. The summed E-state index contributed by atoms with van der Waals surface area (Å²) < 4.78 is 13.1. The smallest absolute Gasteiger partial charge is 0.123 e. The van der Waals surface area contributed by atoms with Gasteiger partial charge in [0.2, 0.25) is 0 Å². The fourth-order valence-electron chi connectivity index (χ4n) is 2.00. The molecule has 0 aliphatic heterocycles. The Morgan fingerprint density at radius 3 is 2.56 bits per heavy atom. The van der Waals surface area contributed by atoms with E-state index < -0.39 is 0 Å². The number of benzene rings is 2. The van der Waals surface area contributed by atoms with Crippen LogP contribution in [0.1, 0.15) is 11.1 Å². The van der Waals surface area contributed by atoms with Crippen LogP contribution in [0.3, 0.4) is 0 Å². The van der Waals surface area contributed by atoms with E-state index in [0.29, 0.717) is 0 Å². The number of hydrogen-bond donors (Lipinski definition) is 1. The SMILES string of the molecule is CNCc1ccc(-c2ccc(F)cc2C)cc1Cl. The molecule has 0 bridgehead atoms. The molecule has 3 heteroatoms. The lowest BCUT2D eigenvalue weighted by molar-refractivity contribution is 0.627. The second-order valence-electron chi connectivity index (χ2n) is 4.30. The maximum absolute atomic E-state index is 13.1. The van der Waals surface area contributed by atoms with Crippen molar-refractivity contribution in [3.05, 3.63) is 58.4 Å². The molecule has 0 amide bonds. The van der Waals surface area contributed by atoms with Crippen molar-refractivity contribution in [2.24, 2.45) is 0 Å². The Labute approximate surface area is 112 Å². The summed E-state index contributed by atoms with van der Waals surface area (Å²) in [5.41, 5.74) is 3.99. The highest BCUT2D eigenvalue weighted by Crippen LogP contribution is 2.28. The normalized spacial score (nSPS) is 10.7. The van der Waals surface area contributed by atoms with E-state index in [-0.39, 0.29) is 5.82 Å². The molecule has 2 aromatic rings. The van der Waals surface area contributed by atoms with E-state index in [1.807, 2.05) is 32.2 Å². The van der Waals surface area contributed by atoms with Crippen molar-refractivity contribution < 1.29 is 4.39 Å². The molecule has 0 heterocycles. The minimum Gasteiger partial charge on any atom is -0.316 e. The number of halogens is 2. The molecule has 0 aliphatic carbocycles. The van der Waals surface area contributed by atoms with Crippen molar-refractivity contribution in [3.8, 4) is 11.1 Å². The molecule has 0 radical (unpaired) electrons. The molecule has 0 spiro atoms. The highest BCUT2D eigenvalue weighted by atomic mass is 35.5. The Morgan fingerprint density at radius 2 is 1.94 bits per heavy atom. The van der Waals surface area contributed by atoms with Crippen LogP contribution in [-0.4, -0.2) is 7.05 Å². The average molecular weight is 264 g/mol. The van der Waals surface area contributed by atoms with Crippen molar-refractivity contribution in [1.82, 2.24) is 5.32 Å². The molecule has 0 unspecified atom stereocenters. The molecule has 2 rings (SSSR count). The molecule has 18 heavy (non-hydrogen) atoms. The fourth-order valence-corrected chi connectivity index (χ4v) is 2.25. The minimum atomic E-state index is -0.214. The van der Waals surface area contributed by atoms with Crippen LogP contribution in [0, 0.1) is 12.7 Å². The third-order valence-corrected chi connectivity index (χ3v) is 3.27. The van der Waals surface area contributed by atoms with Crippen molar-refractivity contribution >= 4 is 11.6 Å². The first-order chi connectivity index (χ1) is 8.61. The van der Waals surface area contributed by atoms with Gasteiger partial charge in [-0.05, 0) is 54.4 Å². The van der Waals surface area contributed by atoms with Crippen LogP contribution >= 0.6 is 11.6 Å². The third-order valence-electron chi connectivity index (χ3n) is 2.92. The van der Waals surface area contributed by atoms with Gasteiger partial charge in [0.05, 0.1) is 0 Å². The number of rotatable bonds is 3. The molecular weight excluding hydrogens is 249 g/mol. The van der Waals surface area contributed by atoms with Crippen LogP contribution in [0.5, 0.6) is 0 Å². The average Bonchev–Trinajstić information content (AvgIpc) is 2.32. The first-order valence-corrected chi connectivity index (χ1v) is 6.19. The zero-order valence-electron chi connectivity index (χ0n) is 10.4. The van der Waals surface area contributed by atoms with Crippen LogP contribution in [0.15, 0.2) is 36.4 Å². The van der Waals surface area contributed by atoms with Gasteiger partial charge in [-0.15, -0.1) is 0 Å². The van der Waals surface area contributed by atoms with E-state index in [4.69, 9.17) is 11.6 Å². The number of aryl methyl sites for hydroxylation is 1. The van der Waals surface area contributed by atoms with E-state index in [2.05, 4.69) is 5.32 Å². The predicted molar refractivity (Wildman–Crippen MR) is 74.3 cm³/mol. The second kappa shape index (κ2) is 5.51. The first-order valence-electron chi connectivity index (χ1n) is 5.81. The Morgan fingerprint density at radius 1 is 1.17 bits per heavy atom. The van der Waals surface area contributed by atoms with Crippen LogP contribution in [-0.2, 0) is 6.54 Å². The summed E-state index contributed by atoms with van der Waals surface area (Å²) in [7, 11) is 1.88. The maximum atomic E-state index is 13.1. The molecule has 1 N–H and O–H groups in total. The molecule has 0 aromatic heterocycles. The van der Waals surface area contributed by atoms with Crippen molar-refractivity contribution in [2.75, 3.05) is 7.05 Å². The zero-order chi connectivity index (χ0) is 13.1. The van der Waals surface area contributed by atoms with Gasteiger partial charge in [0, 0.05) is 11.6 Å². The topological polar surface area (TPSA) is 12.0 Å². The predicted octanol–water partition coefficient (Wildman–Crippen LogP) is 4.17. The van der Waals surface area contributed by atoms with Gasteiger partial charge in [-0.25, -0.2) is 4.39 Å². The van der Waals surface area contributed by atoms with Gasteiger partial charge in [-0.2, -0.15) is 0 Å². The molecule has 0 aliphatic rings. The lowest BCUT2D eigenvalue weighted by Gasteiger charge is -2.09. The monoisotopic (exact) mass is 263 g/mol. The van der Waals surface area contributed by atoms with Gasteiger partial charge < -0.3 is 5.32 Å². The fraction of sp³-hybridized carbons (Fsp3) is 0.200. The van der Waals surface area contributed by atoms with Crippen molar-refractivity contribution in [1.29, 1.82) is 0 Å². The largest absolute Gasteiger partial charge is 0.316 e. The van der Waals surface area contributed by atoms with Crippen LogP contribution < -0.4 is 5.32 Å². The Balaban J connectivity index is 2.42. The molecule has 0 saturated carbocycles. The van der Waals surface area contributed by atoms with Crippen LogP contribution in [0.4, 0.5) is 4.39 Å². The van der Waals surface area contributed by atoms with Crippen LogP contribution in [0.2, 0.25) is 5.02 Å². The highest BCUT2D eigenvalue weighted by molar-refractivity contribution is 6.31. The minimum absolute atomic E-state index is 0.214. The van der Waals surface area contributed by atoms with Crippen molar-refractivity contribution in [2.45, 2.75) is 13.5 Å². The Bertz CT molecular complexity index is 566. The Hall–Kier alpha value is -1.38. The number of nitrogens with one attached hydrogen (secondary N) is 1. The standard InChI is InChI=1S/C15H15ClFN/c1-10-7-13(17)5-6-14(10)11-3-4-12(9-18-2)15(16)8-11/h3-8,18H,9H2,1-2H3. The van der Waals surface area contributed by atoms with E-state index in [1.165, 1.54) is 12.1 Å². The summed E-state index contributed by atoms with van der Waals surface area (Å²) >= 11 is 6.23. The van der Waals surface area contributed by atoms with E-state index in [9.17, 15) is 4.39 Å². The van der Waals surface area contributed by atoms with Crippen molar-refractivity contribution in [3.63, 3.8) is 0 Å². The summed E-state index contributed by atoms with van der Waals surface area (Å²) in [5.74, 6) is -0.214. The first kappa shape index (κ1) is 13.1. The van der Waals surface area contributed by atoms with E-state index >= 15 is 0 Å². The second-order valence-corrected chi connectivity index (χ2v) is 4.70. The van der Waals surface area contributed by atoms with E-state index in [0.717, 1.165) is 33.8 Å². The molecular formula is C15H15ClFN. The van der Waals surface area contributed by atoms with Gasteiger partial charge in [-0.1, -0.05) is 29.8 Å². The van der Waals surface area contributed by atoms with Gasteiger partial charge in [0.1, 0.15) is 5.82 Å². The molecule has 0 saturated heterocycles. The summed E-state index contributed by atoms with van der Waals surface area (Å²) in [6.45, 7) is 2.63. The molecule has 0 fully saturated rings. The Kier molecular flexibility index (Phi) is 4.00. The van der Waals surface area contributed by atoms with Gasteiger partial charge in [0.25, 0.3) is 0 Å². The maximum Gasteiger partial charge on any atom is 0.123 e. The van der Waals surface area contributed by atoms with Crippen LogP contribution in [0.25, 0.3) is 11.1 Å². The summed E-state index contributed by atoms with van der Waals surface area (Å²) in [4.78, 5) is 0. The summed E-state index contributed by atoms with van der Waals surface area (Å²) in [5, 5.41) is 3.80. The third kappa shape index (κ3) is 2.71. The quantitative estimate of drug-likeness (QED) is 0.876. The van der Waals surface area contributed by atoms with Gasteiger partial charge in [0.15, 0.2) is 0 Å². The van der Waals surface area contributed by atoms with Gasteiger partial charge >= 0.3 is 0 Å². The lowest BCUT2D eigenvalue weighted by atomic mass is 9.99. The summed E-state index contributed by atoms with van der Waals surface area (Å²) in [6, 6.07) is 10.7. The van der Waals surface area contributed by atoms with Gasteiger partial charge in [-0.3, -0.25) is 0 Å². The summed E-state index contributed by atoms with van der Waals surface area (Å²) in [6.07, 6.45) is 0. The molecule has 94 valence electrons. The lowest BCUT2D eigenvalue weighted by Crippen LogP contribution is -2.05. The molecule has 2 aromatic carbocycles. The van der Waals surface area contributed by atoms with E-state index in [1.54, 1.807) is 6.07 Å². The number of hydrogen-bond acceptors (Lipinski definition) is 1. The highest BCUT2D eigenvalue weighted by Gasteiger charge is 2.06. The molecule has 1 nitrogen and oxygen atoms in total. The molecule has 0 atom stereocenters.